The Morgan fingerprint density at radius 2 is 2.25 bits per heavy atom. The maximum Gasteiger partial charge on any atom is 0.123 e. The van der Waals surface area contributed by atoms with Crippen LogP contribution >= 0.6 is 0 Å². The zero-order valence-corrected chi connectivity index (χ0v) is 9.47. The molecule has 0 bridgehead atoms. The van der Waals surface area contributed by atoms with Crippen LogP contribution in [0.3, 0.4) is 0 Å². The highest BCUT2D eigenvalue weighted by molar-refractivity contribution is 5.37. The van der Waals surface area contributed by atoms with Crippen LogP contribution in [0.5, 0.6) is 5.75 Å². The van der Waals surface area contributed by atoms with Crippen LogP contribution in [0.2, 0.25) is 0 Å². The summed E-state index contributed by atoms with van der Waals surface area (Å²) in [6, 6.07) is 6.09. The predicted octanol–water partition coefficient (Wildman–Crippen LogP) is 1.83. The van der Waals surface area contributed by atoms with Gasteiger partial charge in [-0.15, -0.1) is 0 Å². The van der Waals surface area contributed by atoms with Crippen molar-refractivity contribution in [3.63, 3.8) is 0 Å². The summed E-state index contributed by atoms with van der Waals surface area (Å²) < 4.78 is 7.11. The van der Waals surface area contributed by atoms with Crippen LogP contribution in [0.4, 0.5) is 5.69 Å². The van der Waals surface area contributed by atoms with E-state index < -0.39 is 0 Å². The molecule has 0 aliphatic rings. The number of hydrogen-bond acceptors (Lipinski definition) is 3. The van der Waals surface area contributed by atoms with Gasteiger partial charge in [-0.1, -0.05) is 17.7 Å². The summed E-state index contributed by atoms with van der Waals surface area (Å²) in [5, 5.41) is 4.15. The van der Waals surface area contributed by atoms with Crippen LogP contribution in [0, 0.1) is 6.92 Å². The fourth-order valence-electron chi connectivity index (χ4n) is 1.67. The average molecular weight is 217 g/mol. The van der Waals surface area contributed by atoms with E-state index in [1.54, 1.807) is 18.0 Å². The molecule has 84 valence electrons. The van der Waals surface area contributed by atoms with Gasteiger partial charge in [0.15, 0.2) is 0 Å². The van der Waals surface area contributed by atoms with Crippen molar-refractivity contribution >= 4 is 5.69 Å². The predicted molar refractivity (Wildman–Crippen MR) is 63.5 cm³/mol. The summed E-state index contributed by atoms with van der Waals surface area (Å²) in [6.45, 7) is 2.72. The van der Waals surface area contributed by atoms with Gasteiger partial charge in [-0.2, -0.15) is 5.10 Å². The molecule has 1 heterocycles. The minimum atomic E-state index is 0.669. The van der Waals surface area contributed by atoms with E-state index in [-0.39, 0.29) is 0 Å². The normalized spacial score (nSPS) is 10.4. The van der Waals surface area contributed by atoms with Gasteiger partial charge in [0, 0.05) is 11.8 Å². The first kappa shape index (κ1) is 10.5. The molecule has 4 nitrogen and oxygen atoms in total. The Morgan fingerprint density at radius 1 is 1.44 bits per heavy atom. The zero-order valence-electron chi connectivity index (χ0n) is 9.47. The van der Waals surface area contributed by atoms with Gasteiger partial charge in [-0.25, -0.2) is 0 Å². The van der Waals surface area contributed by atoms with Gasteiger partial charge < -0.3 is 10.5 Å². The van der Waals surface area contributed by atoms with Gasteiger partial charge in [0.2, 0.25) is 0 Å². The van der Waals surface area contributed by atoms with Gasteiger partial charge in [0.25, 0.3) is 0 Å². The molecular weight excluding hydrogens is 202 g/mol. The molecule has 16 heavy (non-hydrogen) atoms. The first-order chi connectivity index (χ1) is 7.69. The Morgan fingerprint density at radius 3 is 2.88 bits per heavy atom. The monoisotopic (exact) mass is 217 g/mol. The van der Waals surface area contributed by atoms with Crippen LogP contribution in [-0.2, 0) is 6.54 Å². The minimum absolute atomic E-state index is 0.669. The van der Waals surface area contributed by atoms with Crippen molar-refractivity contribution < 1.29 is 4.74 Å². The highest BCUT2D eigenvalue weighted by atomic mass is 16.5. The molecule has 2 N–H and O–H groups in total. The van der Waals surface area contributed by atoms with Crippen LogP contribution in [0.15, 0.2) is 30.6 Å². The number of ether oxygens (including phenoxy) is 1. The Kier molecular flexibility index (Phi) is 2.81. The molecule has 0 radical (unpaired) electrons. The summed E-state index contributed by atoms with van der Waals surface area (Å²) in [6.07, 6.45) is 3.45. The van der Waals surface area contributed by atoms with E-state index in [1.807, 2.05) is 18.3 Å². The Balaban J connectivity index is 2.29. The third-order valence-electron chi connectivity index (χ3n) is 2.42. The van der Waals surface area contributed by atoms with Gasteiger partial charge in [-0.3, -0.25) is 4.68 Å². The van der Waals surface area contributed by atoms with Crippen LogP contribution in [0.25, 0.3) is 0 Å². The zero-order chi connectivity index (χ0) is 11.5. The van der Waals surface area contributed by atoms with Crippen LogP contribution in [-0.4, -0.2) is 16.9 Å². The standard InChI is InChI=1S/C12H15N3O/c1-9-3-4-12(16-2)10(5-9)7-15-8-11(13)6-14-15/h3-6,8H,7,13H2,1-2H3. The van der Waals surface area contributed by atoms with E-state index in [0.717, 1.165) is 11.3 Å². The molecule has 1 aromatic heterocycles. The number of benzene rings is 1. The van der Waals surface area contributed by atoms with Crippen molar-refractivity contribution in [2.45, 2.75) is 13.5 Å². The first-order valence-electron chi connectivity index (χ1n) is 5.10. The largest absolute Gasteiger partial charge is 0.496 e. The number of anilines is 1. The molecule has 0 aliphatic heterocycles. The van der Waals surface area contributed by atoms with Gasteiger partial charge in [0.1, 0.15) is 5.75 Å². The van der Waals surface area contributed by atoms with E-state index >= 15 is 0 Å². The molecule has 0 atom stereocenters. The molecule has 0 spiro atoms. The number of rotatable bonds is 3. The van der Waals surface area contributed by atoms with Gasteiger partial charge in [-0.05, 0) is 13.0 Å². The molecule has 1 aromatic carbocycles. The van der Waals surface area contributed by atoms with Crippen molar-refractivity contribution in [1.29, 1.82) is 0 Å². The Hall–Kier alpha value is -1.97. The third-order valence-corrected chi connectivity index (χ3v) is 2.42. The first-order valence-corrected chi connectivity index (χ1v) is 5.10. The molecule has 0 unspecified atom stereocenters. The number of nitrogens with zero attached hydrogens (tertiary/aromatic N) is 2. The molecule has 2 aromatic rings. The summed E-state index contributed by atoms with van der Waals surface area (Å²) in [4.78, 5) is 0. The molecule has 0 saturated heterocycles. The highest BCUT2D eigenvalue weighted by Gasteiger charge is 2.04. The van der Waals surface area contributed by atoms with Crippen molar-refractivity contribution in [3.05, 3.63) is 41.7 Å². The molecular formula is C12H15N3O. The van der Waals surface area contributed by atoms with E-state index in [1.165, 1.54) is 5.56 Å². The summed E-state index contributed by atoms with van der Waals surface area (Å²) in [7, 11) is 1.67. The number of hydrogen-bond donors (Lipinski definition) is 1. The summed E-state index contributed by atoms with van der Waals surface area (Å²) in [5.41, 5.74) is 8.60. The van der Waals surface area contributed by atoms with Crippen molar-refractivity contribution in [3.8, 4) is 5.75 Å². The lowest BCUT2D eigenvalue weighted by molar-refractivity contribution is 0.407. The van der Waals surface area contributed by atoms with Crippen LogP contribution in [0.1, 0.15) is 11.1 Å². The second-order valence-corrected chi connectivity index (χ2v) is 3.79. The lowest BCUT2D eigenvalue weighted by Crippen LogP contribution is -2.02. The fraction of sp³-hybridized carbons (Fsp3) is 0.250. The van der Waals surface area contributed by atoms with Gasteiger partial charge in [0.05, 0.1) is 25.5 Å². The molecule has 4 heteroatoms. The molecule has 0 saturated carbocycles. The van der Waals surface area contributed by atoms with E-state index in [4.69, 9.17) is 10.5 Å². The summed E-state index contributed by atoms with van der Waals surface area (Å²) >= 11 is 0. The Bertz CT molecular complexity index is 491. The number of aromatic nitrogens is 2. The second-order valence-electron chi connectivity index (χ2n) is 3.79. The topological polar surface area (TPSA) is 53.1 Å². The summed E-state index contributed by atoms with van der Waals surface area (Å²) in [5.74, 6) is 0.875. The average Bonchev–Trinajstić information content (AvgIpc) is 2.64. The smallest absolute Gasteiger partial charge is 0.123 e. The molecule has 0 aliphatic carbocycles. The van der Waals surface area contributed by atoms with E-state index in [2.05, 4.69) is 18.1 Å². The number of nitrogen functional groups attached to an aromatic ring is 1. The Labute approximate surface area is 94.6 Å². The van der Waals surface area contributed by atoms with E-state index in [0.29, 0.717) is 12.2 Å². The maximum absolute atomic E-state index is 5.62. The second kappa shape index (κ2) is 4.26. The van der Waals surface area contributed by atoms with Crippen molar-refractivity contribution in [1.82, 2.24) is 9.78 Å². The number of methoxy groups -OCH3 is 1. The highest BCUT2D eigenvalue weighted by Crippen LogP contribution is 2.20. The molecule has 0 fully saturated rings. The lowest BCUT2D eigenvalue weighted by atomic mass is 10.1. The van der Waals surface area contributed by atoms with Crippen LogP contribution < -0.4 is 10.5 Å². The fourth-order valence-corrected chi connectivity index (χ4v) is 1.67. The molecule has 2 rings (SSSR count). The quantitative estimate of drug-likeness (QED) is 0.853. The van der Waals surface area contributed by atoms with Gasteiger partial charge >= 0.3 is 0 Å². The lowest BCUT2D eigenvalue weighted by Gasteiger charge is -2.09. The molecule has 0 amide bonds. The minimum Gasteiger partial charge on any atom is -0.496 e. The number of nitrogens with two attached hydrogens (primary N) is 1. The van der Waals surface area contributed by atoms with Crippen molar-refractivity contribution in [2.75, 3.05) is 12.8 Å². The third kappa shape index (κ3) is 2.16. The SMILES string of the molecule is COc1ccc(C)cc1Cn1cc(N)cn1. The maximum atomic E-state index is 5.62. The van der Waals surface area contributed by atoms with E-state index in [9.17, 15) is 0 Å². The van der Waals surface area contributed by atoms with Crippen molar-refractivity contribution in [2.24, 2.45) is 0 Å². The number of aryl methyl sites for hydroxylation is 1.